The van der Waals surface area contributed by atoms with Gasteiger partial charge in [0.2, 0.25) is 0 Å². The first-order valence-corrected chi connectivity index (χ1v) is 7.97. The Labute approximate surface area is 126 Å². The fourth-order valence-corrected chi connectivity index (χ4v) is 4.42. The molecule has 0 N–H and O–H groups in total. The molecule has 1 aliphatic carbocycles. The number of rotatable bonds is 3. The van der Waals surface area contributed by atoms with E-state index in [0.29, 0.717) is 18.2 Å². The highest BCUT2D eigenvalue weighted by atomic mass is 35.5. The molecule has 6 heteroatoms. The summed E-state index contributed by atoms with van der Waals surface area (Å²) in [5, 5.41) is 1.42. The summed E-state index contributed by atoms with van der Waals surface area (Å²) in [5.41, 5.74) is 1.18. The molecule has 0 saturated heterocycles. The standard InChI is InChI=1S/C14H15ClN2O2S/c1-2-19-10(18)6-8-4-3-5-9-11(8)12-13(15)16-7-17-14(12)20-9/h7-8H,2-6H2,1H3/t8-/m1/s1. The number of hydrogen-bond acceptors (Lipinski definition) is 5. The van der Waals surface area contributed by atoms with Crippen LogP contribution in [0.25, 0.3) is 10.2 Å². The van der Waals surface area contributed by atoms with Crippen LogP contribution in [0.4, 0.5) is 0 Å². The molecule has 0 bridgehead atoms. The maximum atomic E-state index is 11.8. The van der Waals surface area contributed by atoms with Gasteiger partial charge in [-0.25, -0.2) is 9.97 Å². The van der Waals surface area contributed by atoms with E-state index in [1.807, 2.05) is 6.92 Å². The van der Waals surface area contributed by atoms with Crippen molar-refractivity contribution in [2.45, 2.75) is 38.5 Å². The minimum Gasteiger partial charge on any atom is -0.466 e. The number of hydrogen-bond donors (Lipinski definition) is 0. The Morgan fingerprint density at radius 3 is 3.20 bits per heavy atom. The Morgan fingerprint density at radius 2 is 2.40 bits per heavy atom. The van der Waals surface area contributed by atoms with Crippen LogP contribution in [0.1, 0.15) is 42.5 Å². The first kappa shape index (κ1) is 13.8. The van der Waals surface area contributed by atoms with E-state index in [4.69, 9.17) is 16.3 Å². The fraction of sp³-hybridized carbons (Fsp3) is 0.500. The lowest BCUT2D eigenvalue weighted by Gasteiger charge is -2.22. The SMILES string of the molecule is CCOC(=O)C[C@H]1CCCc2sc3ncnc(Cl)c3c21. The van der Waals surface area contributed by atoms with Gasteiger partial charge in [-0.05, 0) is 37.7 Å². The summed E-state index contributed by atoms with van der Waals surface area (Å²) in [4.78, 5) is 22.4. The Bertz CT molecular complexity index is 656. The molecule has 0 saturated carbocycles. The largest absolute Gasteiger partial charge is 0.466 e. The van der Waals surface area contributed by atoms with Crippen molar-refractivity contribution in [2.24, 2.45) is 0 Å². The second kappa shape index (κ2) is 5.66. The monoisotopic (exact) mass is 310 g/mol. The van der Waals surface area contributed by atoms with Gasteiger partial charge in [0.25, 0.3) is 0 Å². The average Bonchev–Trinajstić information content (AvgIpc) is 2.79. The quantitative estimate of drug-likeness (QED) is 0.640. The predicted octanol–water partition coefficient (Wildman–Crippen LogP) is 3.72. The van der Waals surface area contributed by atoms with Crippen LogP contribution in [0, 0.1) is 0 Å². The van der Waals surface area contributed by atoms with Gasteiger partial charge in [-0.3, -0.25) is 4.79 Å². The molecule has 106 valence electrons. The van der Waals surface area contributed by atoms with Gasteiger partial charge in [0, 0.05) is 4.88 Å². The van der Waals surface area contributed by atoms with Crippen LogP contribution in [0.15, 0.2) is 6.33 Å². The highest BCUT2D eigenvalue weighted by molar-refractivity contribution is 7.19. The Morgan fingerprint density at radius 1 is 1.55 bits per heavy atom. The summed E-state index contributed by atoms with van der Waals surface area (Å²) < 4.78 is 5.08. The summed E-state index contributed by atoms with van der Waals surface area (Å²) in [6, 6.07) is 0. The number of fused-ring (bicyclic) bond motifs is 3. The number of ether oxygens (including phenoxy) is 1. The van der Waals surface area contributed by atoms with Crippen LogP contribution >= 0.6 is 22.9 Å². The normalized spacial score (nSPS) is 18.0. The summed E-state index contributed by atoms with van der Waals surface area (Å²) in [6.07, 6.45) is 5.02. The minimum atomic E-state index is -0.141. The Kier molecular flexibility index (Phi) is 3.89. The summed E-state index contributed by atoms with van der Waals surface area (Å²) in [5.74, 6) is 0.0349. The molecule has 2 aromatic heterocycles. The van der Waals surface area contributed by atoms with Crippen molar-refractivity contribution in [1.29, 1.82) is 0 Å². The molecule has 0 amide bonds. The van der Waals surface area contributed by atoms with Gasteiger partial charge in [-0.1, -0.05) is 11.6 Å². The molecule has 2 heterocycles. The lowest BCUT2D eigenvalue weighted by molar-refractivity contribution is -0.143. The van der Waals surface area contributed by atoms with Gasteiger partial charge in [-0.2, -0.15) is 0 Å². The van der Waals surface area contributed by atoms with Gasteiger partial charge in [0.05, 0.1) is 18.4 Å². The highest BCUT2D eigenvalue weighted by Crippen LogP contribution is 2.44. The lowest BCUT2D eigenvalue weighted by Crippen LogP contribution is -2.14. The van der Waals surface area contributed by atoms with E-state index in [9.17, 15) is 4.79 Å². The molecular weight excluding hydrogens is 296 g/mol. The van der Waals surface area contributed by atoms with Gasteiger partial charge in [0.15, 0.2) is 0 Å². The average molecular weight is 311 g/mol. The first-order chi connectivity index (χ1) is 9.70. The molecule has 0 aliphatic heterocycles. The van der Waals surface area contributed by atoms with E-state index in [1.165, 1.54) is 16.8 Å². The smallest absolute Gasteiger partial charge is 0.306 e. The number of thiophene rings is 1. The molecule has 0 spiro atoms. The van der Waals surface area contributed by atoms with Crippen LogP contribution < -0.4 is 0 Å². The van der Waals surface area contributed by atoms with Crippen molar-refractivity contribution in [3.8, 4) is 0 Å². The van der Waals surface area contributed by atoms with Crippen molar-refractivity contribution in [1.82, 2.24) is 9.97 Å². The third-order valence-corrected chi connectivity index (χ3v) is 5.10. The van der Waals surface area contributed by atoms with Crippen LogP contribution in [0.5, 0.6) is 0 Å². The van der Waals surface area contributed by atoms with E-state index >= 15 is 0 Å². The van der Waals surface area contributed by atoms with E-state index in [-0.39, 0.29) is 11.9 Å². The number of aryl methyl sites for hydroxylation is 1. The van der Waals surface area contributed by atoms with E-state index in [0.717, 1.165) is 29.5 Å². The van der Waals surface area contributed by atoms with Crippen molar-refractivity contribution < 1.29 is 9.53 Å². The maximum Gasteiger partial charge on any atom is 0.306 e. The molecule has 20 heavy (non-hydrogen) atoms. The van der Waals surface area contributed by atoms with Crippen LogP contribution in [0.3, 0.4) is 0 Å². The zero-order chi connectivity index (χ0) is 14.1. The zero-order valence-corrected chi connectivity index (χ0v) is 12.8. The van der Waals surface area contributed by atoms with Gasteiger partial charge >= 0.3 is 5.97 Å². The van der Waals surface area contributed by atoms with Crippen LogP contribution in [-0.4, -0.2) is 22.5 Å². The second-order valence-electron chi connectivity index (χ2n) is 4.88. The molecule has 0 unspecified atom stereocenters. The molecule has 0 aromatic carbocycles. The molecular formula is C14H15ClN2O2S. The van der Waals surface area contributed by atoms with Crippen molar-refractivity contribution >= 4 is 39.1 Å². The summed E-state index contributed by atoms with van der Waals surface area (Å²) in [7, 11) is 0. The predicted molar refractivity (Wildman–Crippen MR) is 79.4 cm³/mol. The number of aromatic nitrogens is 2. The highest BCUT2D eigenvalue weighted by Gasteiger charge is 2.29. The van der Waals surface area contributed by atoms with Gasteiger partial charge < -0.3 is 4.74 Å². The van der Waals surface area contributed by atoms with Crippen molar-refractivity contribution in [3.05, 3.63) is 21.9 Å². The molecule has 0 fully saturated rings. The summed E-state index contributed by atoms with van der Waals surface area (Å²) >= 11 is 7.91. The molecule has 4 nitrogen and oxygen atoms in total. The number of halogens is 1. The maximum absolute atomic E-state index is 11.8. The van der Waals surface area contributed by atoms with E-state index in [1.54, 1.807) is 11.3 Å². The molecule has 3 rings (SSSR count). The number of carbonyl (C=O) groups is 1. The number of carbonyl (C=O) groups excluding carboxylic acids is 1. The van der Waals surface area contributed by atoms with E-state index in [2.05, 4.69) is 9.97 Å². The number of esters is 1. The minimum absolute atomic E-state index is 0.141. The first-order valence-electron chi connectivity index (χ1n) is 6.78. The molecule has 1 atom stereocenters. The second-order valence-corrected chi connectivity index (χ2v) is 6.32. The Hall–Kier alpha value is -1.20. The molecule has 1 aliphatic rings. The van der Waals surface area contributed by atoms with Crippen molar-refractivity contribution in [2.75, 3.05) is 6.61 Å². The van der Waals surface area contributed by atoms with Crippen molar-refractivity contribution in [3.63, 3.8) is 0 Å². The topological polar surface area (TPSA) is 52.1 Å². The van der Waals surface area contributed by atoms with Crippen LogP contribution in [0.2, 0.25) is 5.15 Å². The van der Waals surface area contributed by atoms with Crippen LogP contribution in [-0.2, 0) is 16.0 Å². The van der Waals surface area contributed by atoms with Gasteiger partial charge in [-0.15, -0.1) is 11.3 Å². The molecule has 0 radical (unpaired) electrons. The summed E-state index contributed by atoms with van der Waals surface area (Å²) in [6.45, 7) is 2.25. The Balaban J connectivity index is 2.02. The van der Waals surface area contributed by atoms with E-state index < -0.39 is 0 Å². The number of nitrogens with zero attached hydrogens (tertiary/aromatic N) is 2. The third kappa shape index (κ3) is 2.40. The third-order valence-electron chi connectivity index (χ3n) is 3.64. The zero-order valence-electron chi connectivity index (χ0n) is 11.2. The fourth-order valence-electron chi connectivity index (χ4n) is 2.86. The molecule has 2 aromatic rings. The van der Waals surface area contributed by atoms with Gasteiger partial charge in [0.1, 0.15) is 16.3 Å². The lowest BCUT2D eigenvalue weighted by atomic mass is 9.84.